The molecular weight excluding hydrogens is 644 g/mol. The van der Waals surface area contributed by atoms with Crippen LogP contribution in [-0.2, 0) is 11.4 Å². The first kappa shape index (κ1) is 28.6. The van der Waals surface area contributed by atoms with Crippen LogP contribution >= 0.6 is 38.6 Å². The number of nitrogens with one attached hydrogen (secondary N) is 1. The van der Waals surface area contributed by atoms with Gasteiger partial charge in [0.05, 0.1) is 31.9 Å². The second-order valence-electron chi connectivity index (χ2n) is 9.66. The molecule has 43 heavy (non-hydrogen) atoms. The second kappa shape index (κ2) is 12.4. The lowest BCUT2D eigenvalue weighted by atomic mass is 10.0. The first-order valence-electron chi connectivity index (χ1n) is 13.3. The molecule has 1 aliphatic heterocycles. The predicted octanol–water partition coefficient (Wildman–Crippen LogP) is 6.15. The molecule has 0 aliphatic carbocycles. The zero-order valence-electron chi connectivity index (χ0n) is 22.8. The Bertz CT molecular complexity index is 2090. The standard InChI is InChI=1S/C33H23BrN4O3S2/c1-20-29(31(39)37-24-10-3-2-4-11-24)30(27-12-7-15-42-27)38-32(40)28(43-33(38)36-20)17-21-13-14-26(25(34)16-21)41-19-23-9-6-5-8-22(23)18-35/h2-17,30H,19H2,1H3,(H,37,39)/b28-17+/t30-/m1/s1. The molecule has 212 valence electrons. The number of para-hydroxylation sites is 1. The van der Waals surface area contributed by atoms with E-state index in [0.717, 1.165) is 20.5 Å². The van der Waals surface area contributed by atoms with Crippen molar-refractivity contribution in [2.45, 2.75) is 19.6 Å². The molecule has 0 saturated carbocycles. The Hall–Kier alpha value is -4.56. The van der Waals surface area contributed by atoms with Crippen LogP contribution in [0.3, 0.4) is 0 Å². The quantitative estimate of drug-likeness (QED) is 0.225. The Morgan fingerprint density at radius 1 is 1.12 bits per heavy atom. The van der Waals surface area contributed by atoms with Gasteiger partial charge in [-0.2, -0.15) is 5.26 Å². The highest BCUT2D eigenvalue weighted by Crippen LogP contribution is 2.33. The maximum Gasteiger partial charge on any atom is 0.271 e. The molecule has 3 aromatic carbocycles. The van der Waals surface area contributed by atoms with E-state index >= 15 is 0 Å². The van der Waals surface area contributed by atoms with Crippen molar-refractivity contribution in [3.05, 3.63) is 147 Å². The third-order valence-corrected chi connectivity index (χ3v) is 9.41. The van der Waals surface area contributed by atoms with Gasteiger partial charge >= 0.3 is 0 Å². The van der Waals surface area contributed by atoms with Gasteiger partial charge < -0.3 is 10.1 Å². The van der Waals surface area contributed by atoms with Crippen LogP contribution in [0.1, 0.15) is 34.5 Å². The summed E-state index contributed by atoms with van der Waals surface area (Å²) >= 11 is 6.37. The summed E-state index contributed by atoms with van der Waals surface area (Å²) < 4.78 is 8.81. The fourth-order valence-corrected chi connectivity index (χ4v) is 7.21. The Kier molecular flexibility index (Phi) is 8.20. The van der Waals surface area contributed by atoms with Crippen LogP contribution < -0.4 is 24.9 Å². The van der Waals surface area contributed by atoms with Crippen molar-refractivity contribution in [2.24, 2.45) is 4.99 Å². The SMILES string of the molecule is CC1=C(C(=O)Nc2ccccc2)[C@@H](c2cccs2)n2c(s/c(=C/c3ccc(OCc4ccccc4C#N)c(Br)c3)c2=O)=N1. The molecule has 3 heterocycles. The highest BCUT2D eigenvalue weighted by atomic mass is 79.9. The van der Waals surface area contributed by atoms with Gasteiger partial charge in [-0.05, 0) is 76.3 Å². The molecule has 6 rings (SSSR count). The fourth-order valence-electron chi connectivity index (χ4n) is 4.83. The molecule has 0 fully saturated rings. The number of nitrogens with zero attached hydrogens (tertiary/aromatic N) is 3. The van der Waals surface area contributed by atoms with Crippen molar-refractivity contribution < 1.29 is 9.53 Å². The first-order valence-corrected chi connectivity index (χ1v) is 15.7. The van der Waals surface area contributed by atoms with E-state index in [1.165, 1.54) is 22.7 Å². The molecule has 0 saturated heterocycles. The molecule has 1 aliphatic rings. The number of anilines is 1. The van der Waals surface area contributed by atoms with E-state index in [1.807, 2.05) is 97.2 Å². The summed E-state index contributed by atoms with van der Waals surface area (Å²) in [6, 6.07) is 27.6. The third-order valence-electron chi connectivity index (χ3n) is 6.89. The summed E-state index contributed by atoms with van der Waals surface area (Å²) in [5.41, 5.74) is 3.63. The molecule has 5 aromatic rings. The summed E-state index contributed by atoms with van der Waals surface area (Å²) in [6.45, 7) is 2.06. The number of halogens is 1. The van der Waals surface area contributed by atoms with E-state index in [9.17, 15) is 14.9 Å². The molecule has 7 nitrogen and oxygen atoms in total. The molecule has 10 heteroatoms. The van der Waals surface area contributed by atoms with Gasteiger partial charge in [-0.3, -0.25) is 14.2 Å². The van der Waals surface area contributed by atoms with Gasteiger partial charge in [-0.1, -0.05) is 59.9 Å². The van der Waals surface area contributed by atoms with Crippen molar-refractivity contribution in [2.75, 3.05) is 5.32 Å². The molecule has 0 bridgehead atoms. The highest BCUT2D eigenvalue weighted by molar-refractivity contribution is 9.10. The zero-order chi connectivity index (χ0) is 29.9. The molecule has 0 spiro atoms. The average Bonchev–Trinajstić information content (AvgIpc) is 3.65. The topological polar surface area (TPSA) is 96.5 Å². The highest BCUT2D eigenvalue weighted by Gasteiger charge is 2.33. The monoisotopic (exact) mass is 666 g/mol. The van der Waals surface area contributed by atoms with E-state index in [4.69, 9.17) is 9.73 Å². The number of benzene rings is 3. The molecule has 1 N–H and O–H groups in total. The number of fused-ring (bicyclic) bond motifs is 1. The van der Waals surface area contributed by atoms with E-state index in [1.54, 1.807) is 10.6 Å². The van der Waals surface area contributed by atoms with Gasteiger partial charge in [0.15, 0.2) is 4.80 Å². The van der Waals surface area contributed by atoms with Crippen LogP contribution in [0.5, 0.6) is 5.75 Å². The van der Waals surface area contributed by atoms with E-state index in [-0.39, 0.29) is 18.1 Å². The summed E-state index contributed by atoms with van der Waals surface area (Å²) in [7, 11) is 0. The number of carbonyl (C=O) groups excluding carboxylic acids is 1. The van der Waals surface area contributed by atoms with Gasteiger partial charge in [-0.25, -0.2) is 4.99 Å². The minimum atomic E-state index is -0.596. The Labute approximate surface area is 263 Å². The molecule has 1 atom stereocenters. The minimum Gasteiger partial charge on any atom is -0.488 e. The lowest BCUT2D eigenvalue weighted by Gasteiger charge is -2.24. The normalized spacial score (nSPS) is 14.5. The van der Waals surface area contributed by atoms with E-state index in [0.29, 0.717) is 37.6 Å². The fraction of sp³-hybridized carbons (Fsp3) is 0.0909. The van der Waals surface area contributed by atoms with Crippen molar-refractivity contribution in [1.29, 1.82) is 5.26 Å². The number of hydrogen-bond acceptors (Lipinski definition) is 7. The van der Waals surface area contributed by atoms with Gasteiger partial charge in [0.25, 0.3) is 11.5 Å². The van der Waals surface area contributed by atoms with Crippen LogP contribution in [0, 0.1) is 11.3 Å². The van der Waals surface area contributed by atoms with Crippen molar-refractivity contribution in [3.63, 3.8) is 0 Å². The van der Waals surface area contributed by atoms with E-state index in [2.05, 4.69) is 27.3 Å². The second-order valence-corrected chi connectivity index (χ2v) is 12.5. The number of aromatic nitrogens is 1. The number of allylic oxidation sites excluding steroid dienone is 1. The molecule has 1 amide bonds. The number of rotatable bonds is 7. The lowest BCUT2D eigenvalue weighted by molar-refractivity contribution is -0.113. The summed E-state index contributed by atoms with van der Waals surface area (Å²) in [5.74, 6) is 0.325. The Morgan fingerprint density at radius 2 is 1.91 bits per heavy atom. The van der Waals surface area contributed by atoms with E-state index < -0.39 is 6.04 Å². The maximum absolute atomic E-state index is 13.9. The van der Waals surface area contributed by atoms with Crippen molar-refractivity contribution >= 4 is 56.3 Å². The lowest BCUT2D eigenvalue weighted by Crippen LogP contribution is -2.40. The van der Waals surface area contributed by atoms with Crippen molar-refractivity contribution in [3.8, 4) is 11.8 Å². The molecule has 2 aromatic heterocycles. The zero-order valence-corrected chi connectivity index (χ0v) is 26.0. The first-order chi connectivity index (χ1) is 20.9. The predicted molar refractivity (Wildman–Crippen MR) is 173 cm³/mol. The Balaban J connectivity index is 1.33. The van der Waals surface area contributed by atoms with Crippen LogP contribution in [0.4, 0.5) is 5.69 Å². The van der Waals surface area contributed by atoms with Gasteiger partial charge in [0.2, 0.25) is 0 Å². The van der Waals surface area contributed by atoms with Crippen LogP contribution in [0.15, 0.2) is 116 Å². The molecule has 0 unspecified atom stereocenters. The number of ether oxygens (including phenoxy) is 1. The number of carbonyl (C=O) groups is 1. The van der Waals surface area contributed by atoms with Gasteiger partial charge in [0.1, 0.15) is 18.4 Å². The molecular formula is C33H23BrN4O3S2. The number of hydrogen-bond donors (Lipinski definition) is 1. The number of nitriles is 1. The summed E-state index contributed by atoms with van der Waals surface area (Å²) in [6.07, 6.45) is 1.82. The maximum atomic E-state index is 13.9. The van der Waals surface area contributed by atoms with Crippen LogP contribution in [0.2, 0.25) is 0 Å². The Morgan fingerprint density at radius 3 is 2.65 bits per heavy atom. The summed E-state index contributed by atoms with van der Waals surface area (Å²) in [5, 5.41) is 14.2. The van der Waals surface area contributed by atoms with Crippen LogP contribution in [-0.4, -0.2) is 10.5 Å². The van der Waals surface area contributed by atoms with Gasteiger partial charge in [-0.15, -0.1) is 11.3 Å². The largest absolute Gasteiger partial charge is 0.488 e. The number of thiophene rings is 1. The van der Waals surface area contributed by atoms with Crippen LogP contribution in [0.25, 0.3) is 6.08 Å². The third kappa shape index (κ3) is 5.88. The number of amides is 1. The number of thiazole rings is 1. The molecule has 0 radical (unpaired) electrons. The minimum absolute atomic E-state index is 0.218. The smallest absolute Gasteiger partial charge is 0.271 e. The average molecular weight is 668 g/mol. The van der Waals surface area contributed by atoms with Crippen molar-refractivity contribution in [1.82, 2.24) is 4.57 Å². The summed E-state index contributed by atoms with van der Waals surface area (Å²) in [4.78, 5) is 33.6. The van der Waals surface area contributed by atoms with Gasteiger partial charge in [0, 0.05) is 16.1 Å².